The largest absolute Gasteiger partial charge is 0.497 e. The molecule has 0 N–H and O–H groups in total. The van der Waals surface area contributed by atoms with E-state index in [9.17, 15) is 4.57 Å². The molecule has 15 heavy (non-hydrogen) atoms. The monoisotopic (exact) mass is 222 g/mol. The fourth-order valence-corrected chi connectivity index (χ4v) is 4.62. The molecule has 1 unspecified atom stereocenters. The first-order valence-corrected chi connectivity index (χ1v) is 7.02. The van der Waals surface area contributed by atoms with Gasteiger partial charge in [0.15, 0.2) is 0 Å². The van der Waals surface area contributed by atoms with Crippen LogP contribution in [0.3, 0.4) is 0 Å². The van der Waals surface area contributed by atoms with Crippen molar-refractivity contribution in [3.8, 4) is 5.75 Å². The minimum atomic E-state index is -2.26. The number of rotatable bonds is 2. The van der Waals surface area contributed by atoms with E-state index in [1.807, 2.05) is 37.0 Å². The Morgan fingerprint density at radius 1 is 1.40 bits per heavy atom. The summed E-state index contributed by atoms with van der Waals surface area (Å²) in [5, 5.41) is 0.915. The van der Waals surface area contributed by atoms with Crippen LogP contribution in [0.2, 0.25) is 0 Å². The third-order valence-electron chi connectivity index (χ3n) is 2.76. The Balaban J connectivity index is 2.42. The van der Waals surface area contributed by atoms with Crippen LogP contribution in [0.25, 0.3) is 0 Å². The summed E-state index contributed by atoms with van der Waals surface area (Å²) < 4.78 is 17.7. The average molecular weight is 222 g/mol. The molecule has 2 rings (SSSR count). The molecule has 1 aromatic carbocycles. The van der Waals surface area contributed by atoms with E-state index in [4.69, 9.17) is 4.74 Å². The van der Waals surface area contributed by atoms with Gasteiger partial charge >= 0.3 is 0 Å². The maximum atomic E-state index is 12.6. The van der Waals surface area contributed by atoms with Crippen LogP contribution in [0.1, 0.15) is 13.3 Å². The molecule has 1 atom stereocenters. The molecule has 3 heteroatoms. The molecule has 0 saturated heterocycles. The molecule has 1 aliphatic heterocycles. The first-order chi connectivity index (χ1) is 7.14. The molecule has 1 aliphatic rings. The van der Waals surface area contributed by atoms with Crippen LogP contribution in [0.4, 0.5) is 0 Å². The molecule has 0 spiro atoms. The van der Waals surface area contributed by atoms with Gasteiger partial charge in [-0.3, -0.25) is 0 Å². The van der Waals surface area contributed by atoms with Crippen molar-refractivity contribution < 1.29 is 9.30 Å². The third kappa shape index (κ3) is 2.00. The lowest BCUT2D eigenvalue weighted by atomic mass is 10.3. The Morgan fingerprint density at radius 2 is 2.20 bits per heavy atom. The van der Waals surface area contributed by atoms with Crippen molar-refractivity contribution in [1.82, 2.24) is 0 Å². The van der Waals surface area contributed by atoms with Crippen molar-refractivity contribution in [3.05, 3.63) is 35.7 Å². The standard InChI is InChI=1S/C12H15O2P/c1-10-6-7-15(13,9-10)12-5-3-4-11(8-12)14-2/h3-5,8-9H,6-7H2,1-2H3. The maximum Gasteiger partial charge on any atom is 0.136 e. The van der Waals surface area contributed by atoms with E-state index in [-0.39, 0.29) is 0 Å². The maximum absolute atomic E-state index is 12.6. The van der Waals surface area contributed by atoms with E-state index in [1.54, 1.807) is 7.11 Å². The summed E-state index contributed by atoms with van der Waals surface area (Å²) >= 11 is 0. The Hall–Kier alpha value is -1.01. The van der Waals surface area contributed by atoms with Gasteiger partial charge in [-0.1, -0.05) is 17.7 Å². The minimum Gasteiger partial charge on any atom is -0.497 e. The van der Waals surface area contributed by atoms with E-state index in [0.29, 0.717) is 0 Å². The summed E-state index contributed by atoms with van der Waals surface area (Å²) in [4.78, 5) is 0. The summed E-state index contributed by atoms with van der Waals surface area (Å²) in [7, 11) is -0.631. The highest BCUT2D eigenvalue weighted by Crippen LogP contribution is 2.53. The number of allylic oxidation sites excluding steroid dienone is 1. The molecule has 0 aliphatic carbocycles. The molecule has 0 radical (unpaired) electrons. The number of benzene rings is 1. The van der Waals surface area contributed by atoms with E-state index in [1.165, 1.54) is 5.57 Å². The molecular formula is C12H15O2P. The average Bonchev–Trinajstić information content (AvgIpc) is 2.60. The second-order valence-electron chi connectivity index (χ2n) is 3.95. The molecule has 0 amide bonds. The fourth-order valence-electron chi connectivity index (χ4n) is 1.88. The minimum absolute atomic E-state index is 0.770. The van der Waals surface area contributed by atoms with Crippen molar-refractivity contribution >= 4 is 12.4 Å². The van der Waals surface area contributed by atoms with Crippen molar-refractivity contribution in [2.24, 2.45) is 0 Å². The number of hydrogen-bond acceptors (Lipinski definition) is 2. The third-order valence-corrected chi connectivity index (χ3v) is 5.66. The molecule has 0 saturated carbocycles. The van der Waals surface area contributed by atoms with Crippen molar-refractivity contribution in [3.63, 3.8) is 0 Å². The Kier molecular flexibility index (Phi) is 2.70. The van der Waals surface area contributed by atoms with Crippen molar-refractivity contribution in [2.75, 3.05) is 13.3 Å². The van der Waals surface area contributed by atoms with Crippen LogP contribution < -0.4 is 10.0 Å². The second kappa shape index (κ2) is 3.86. The molecule has 0 fully saturated rings. The number of hydrogen-bond donors (Lipinski definition) is 0. The summed E-state index contributed by atoms with van der Waals surface area (Å²) in [5.74, 6) is 2.72. The van der Waals surface area contributed by atoms with E-state index >= 15 is 0 Å². The summed E-state index contributed by atoms with van der Waals surface area (Å²) in [6.45, 7) is 2.04. The van der Waals surface area contributed by atoms with Crippen LogP contribution >= 0.6 is 7.14 Å². The van der Waals surface area contributed by atoms with Crippen LogP contribution in [0, 0.1) is 0 Å². The first-order valence-electron chi connectivity index (χ1n) is 5.06. The van der Waals surface area contributed by atoms with E-state index in [2.05, 4.69) is 0 Å². The summed E-state index contributed by atoms with van der Waals surface area (Å²) in [5.41, 5.74) is 1.24. The molecule has 1 heterocycles. The number of ether oxygens (including phenoxy) is 1. The van der Waals surface area contributed by atoms with Gasteiger partial charge in [0.05, 0.1) is 7.11 Å². The SMILES string of the molecule is COc1cccc(P2(=O)C=C(C)CC2)c1. The lowest BCUT2D eigenvalue weighted by Gasteiger charge is -2.10. The van der Waals surface area contributed by atoms with Crippen LogP contribution in [-0.4, -0.2) is 13.3 Å². The topological polar surface area (TPSA) is 26.3 Å². The quantitative estimate of drug-likeness (QED) is 0.719. The normalized spacial score (nSPS) is 25.1. The molecule has 0 aromatic heterocycles. The molecule has 80 valence electrons. The fraction of sp³-hybridized carbons (Fsp3) is 0.333. The number of methoxy groups -OCH3 is 1. The van der Waals surface area contributed by atoms with Gasteiger partial charge in [0.25, 0.3) is 0 Å². The summed E-state index contributed by atoms with van der Waals surface area (Å²) in [6.07, 6.45) is 1.72. The van der Waals surface area contributed by atoms with Crippen LogP contribution in [-0.2, 0) is 4.57 Å². The van der Waals surface area contributed by atoms with Gasteiger partial charge in [0, 0.05) is 11.5 Å². The molecular weight excluding hydrogens is 207 g/mol. The summed E-state index contributed by atoms with van der Waals surface area (Å²) in [6, 6.07) is 7.59. The van der Waals surface area contributed by atoms with Crippen LogP contribution in [0.15, 0.2) is 35.7 Å². The highest BCUT2D eigenvalue weighted by molar-refractivity contribution is 7.74. The zero-order valence-corrected chi connectivity index (χ0v) is 9.96. The van der Waals surface area contributed by atoms with Gasteiger partial charge in [-0.25, -0.2) is 0 Å². The molecule has 0 bridgehead atoms. The molecule has 1 aromatic rings. The Bertz CT molecular complexity index is 449. The highest BCUT2D eigenvalue weighted by Gasteiger charge is 2.27. The zero-order valence-electron chi connectivity index (χ0n) is 9.06. The van der Waals surface area contributed by atoms with E-state index < -0.39 is 7.14 Å². The Morgan fingerprint density at radius 3 is 2.80 bits per heavy atom. The van der Waals surface area contributed by atoms with E-state index in [0.717, 1.165) is 23.6 Å². The van der Waals surface area contributed by atoms with Crippen LogP contribution in [0.5, 0.6) is 5.75 Å². The lowest BCUT2D eigenvalue weighted by Crippen LogP contribution is -2.03. The van der Waals surface area contributed by atoms with Gasteiger partial charge in [0.2, 0.25) is 0 Å². The molecule has 2 nitrogen and oxygen atoms in total. The van der Waals surface area contributed by atoms with Gasteiger partial charge in [0.1, 0.15) is 12.9 Å². The van der Waals surface area contributed by atoms with Crippen molar-refractivity contribution in [2.45, 2.75) is 13.3 Å². The first kappa shape index (κ1) is 10.5. The predicted octanol–water partition coefficient (Wildman–Crippen LogP) is 2.99. The smallest absolute Gasteiger partial charge is 0.136 e. The lowest BCUT2D eigenvalue weighted by molar-refractivity contribution is 0.415. The Labute approximate surface area is 90.3 Å². The van der Waals surface area contributed by atoms with Gasteiger partial charge in [-0.05, 0) is 31.3 Å². The van der Waals surface area contributed by atoms with Gasteiger partial charge < -0.3 is 9.30 Å². The van der Waals surface area contributed by atoms with Gasteiger partial charge in [-0.15, -0.1) is 0 Å². The van der Waals surface area contributed by atoms with Crippen molar-refractivity contribution in [1.29, 1.82) is 0 Å². The van der Waals surface area contributed by atoms with Gasteiger partial charge in [-0.2, -0.15) is 0 Å². The zero-order chi connectivity index (χ0) is 10.9. The predicted molar refractivity (Wildman–Crippen MR) is 63.5 cm³/mol. The highest BCUT2D eigenvalue weighted by atomic mass is 31.2. The second-order valence-corrected chi connectivity index (χ2v) is 6.76.